The average Bonchev–Trinajstić information content (AvgIpc) is 3.23. The first-order chi connectivity index (χ1) is 16.8. The zero-order chi connectivity index (χ0) is 25.0. The Hall–Kier alpha value is -2.90. The average molecular weight is 520 g/mol. The number of ether oxygens (including phenoxy) is 3. The molecule has 1 aliphatic heterocycles. The van der Waals surface area contributed by atoms with Gasteiger partial charge in [0.15, 0.2) is 4.80 Å². The van der Waals surface area contributed by atoms with Gasteiger partial charge in [-0.05, 0) is 42.5 Å². The molecule has 0 radical (unpaired) electrons. The summed E-state index contributed by atoms with van der Waals surface area (Å²) in [4.78, 5) is 29.7. The summed E-state index contributed by atoms with van der Waals surface area (Å²) < 4.78 is 44.8. The Bertz CT molecular complexity index is 1400. The fourth-order valence-electron chi connectivity index (χ4n) is 3.66. The van der Waals surface area contributed by atoms with Crippen LogP contribution >= 0.6 is 11.3 Å². The molecule has 0 spiro atoms. The Morgan fingerprint density at radius 2 is 1.74 bits per heavy atom. The summed E-state index contributed by atoms with van der Waals surface area (Å²) in [5.74, 6) is -0.961. The van der Waals surface area contributed by atoms with Crippen molar-refractivity contribution in [2.75, 3.05) is 47.1 Å². The normalized spacial score (nSPS) is 15.4. The third kappa shape index (κ3) is 5.36. The van der Waals surface area contributed by atoms with Gasteiger partial charge in [-0.1, -0.05) is 11.3 Å². The molecule has 2 heterocycles. The molecular weight excluding hydrogens is 494 g/mol. The molecule has 1 amide bonds. The maximum Gasteiger partial charge on any atom is 0.337 e. The molecule has 186 valence electrons. The van der Waals surface area contributed by atoms with Crippen LogP contribution in [0.4, 0.5) is 0 Å². The number of hydrogen-bond acceptors (Lipinski definition) is 8. The highest BCUT2D eigenvalue weighted by Crippen LogP contribution is 2.21. The van der Waals surface area contributed by atoms with Gasteiger partial charge in [-0.25, -0.2) is 13.2 Å². The Morgan fingerprint density at radius 1 is 1.06 bits per heavy atom. The molecule has 35 heavy (non-hydrogen) atoms. The maximum atomic E-state index is 12.9. The second-order valence-electron chi connectivity index (χ2n) is 7.66. The van der Waals surface area contributed by atoms with E-state index in [2.05, 4.69) is 4.99 Å². The lowest BCUT2D eigenvalue weighted by molar-refractivity contribution is 0.0600. The first kappa shape index (κ1) is 25.2. The molecule has 0 atom stereocenters. The minimum absolute atomic E-state index is 0.114. The van der Waals surface area contributed by atoms with Crippen LogP contribution in [-0.4, -0.2) is 76.3 Å². The quantitative estimate of drug-likeness (QED) is 0.438. The molecular formula is C23H25N3O7S2. The molecule has 0 aliphatic carbocycles. The van der Waals surface area contributed by atoms with E-state index in [1.807, 2.05) is 4.57 Å². The first-order valence-electron chi connectivity index (χ1n) is 10.8. The van der Waals surface area contributed by atoms with Crippen LogP contribution in [0.3, 0.4) is 0 Å². The fourth-order valence-corrected chi connectivity index (χ4v) is 6.16. The number of carbonyl (C=O) groups excluding carboxylic acids is 2. The molecule has 12 heteroatoms. The number of amides is 1. The number of benzene rings is 2. The lowest BCUT2D eigenvalue weighted by atomic mass is 10.2. The third-order valence-electron chi connectivity index (χ3n) is 5.53. The number of morpholine rings is 1. The highest BCUT2D eigenvalue weighted by Gasteiger charge is 2.26. The number of nitrogens with zero attached hydrogens (tertiary/aromatic N) is 3. The van der Waals surface area contributed by atoms with Crippen molar-refractivity contribution < 1.29 is 32.2 Å². The van der Waals surface area contributed by atoms with E-state index >= 15 is 0 Å². The highest BCUT2D eigenvalue weighted by molar-refractivity contribution is 7.89. The van der Waals surface area contributed by atoms with E-state index in [1.54, 1.807) is 25.3 Å². The van der Waals surface area contributed by atoms with Crippen molar-refractivity contribution in [1.82, 2.24) is 8.87 Å². The van der Waals surface area contributed by atoms with Crippen LogP contribution in [0.2, 0.25) is 0 Å². The molecule has 3 aromatic rings. The van der Waals surface area contributed by atoms with Gasteiger partial charge in [0.1, 0.15) is 0 Å². The number of carbonyl (C=O) groups is 2. The van der Waals surface area contributed by atoms with Gasteiger partial charge in [-0.15, -0.1) is 0 Å². The number of fused-ring (bicyclic) bond motifs is 1. The van der Waals surface area contributed by atoms with Gasteiger partial charge in [-0.3, -0.25) is 4.79 Å². The lowest BCUT2D eigenvalue weighted by Crippen LogP contribution is -2.40. The van der Waals surface area contributed by atoms with Crippen LogP contribution < -0.4 is 4.80 Å². The molecule has 0 N–H and O–H groups in total. The van der Waals surface area contributed by atoms with E-state index in [0.717, 1.165) is 10.2 Å². The number of rotatable bonds is 7. The van der Waals surface area contributed by atoms with E-state index in [1.165, 1.54) is 47.0 Å². The topological polar surface area (TPSA) is 117 Å². The van der Waals surface area contributed by atoms with Gasteiger partial charge in [0.25, 0.3) is 5.91 Å². The Labute approximate surface area is 206 Å². The monoisotopic (exact) mass is 519 g/mol. The summed E-state index contributed by atoms with van der Waals surface area (Å²) in [5.41, 5.74) is 1.46. The number of thiazole rings is 1. The van der Waals surface area contributed by atoms with Crippen molar-refractivity contribution >= 4 is 43.5 Å². The summed E-state index contributed by atoms with van der Waals surface area (Å²) in [5, 5.41) is 0. The molecule has 1 saturated heterocycles. The van der Waals surface area contributed by atoms with Crippen LogP contribution in [0.5, 0.6) is 0 Å². The molecule has 1 aliphatic rings. The van der Waals surface area contributed by atoms with Crippen LogP contribution in [-0.2, 0) is 30.8 Å². The second-order valence-corrected chi connectivity index (χ2v) is 10.6. The SMILES string of the molecule is COCCn1c(=NC(=O)c2ccc(S(=O)(=O)N3CCOCC3)cc2)sc2cc(C(=O)OC)ccc21. The minimum Gasteiger partial charge on any atom is -0.465 e. The van der Waals surface area contributed by atoms with Crippen LogP contribution in [0.1, 0.15) is 20.7 Å². The molecule has 0 bridgehead atoms. The molecule has 0 unspecified atom stereocenters. The van der Waals surface area contributed by atoms with Crippen LogP contribution in [0.25, 0.3) is 10.2 Å². The Balaban J connectivity index is 1.66. The summed E-state index contributed by atoms with van der Waals surface area (Å²) in [6, 6.07) is 10.9. The van der Waals surface area contributed by atoms with E-state index in [0.29, 0.717) is 49.8 Å². The van der Waals surface area contributed by atoms with Crippen molar-refractivity contribution in [2.45, 2.75) is 11.4 Å². The van der Waals surface area contributed by atoms with Crippen molar-refractivity contribution in [3.8, 4) is 0 Å². The van der Waals surface area contributed by atoms with Gasteiger partial charge in [-0.2, -0.15) is 9.30 Å². The Kier molecular flexibility index (Phi) is 7.77. The zero-order valence-corrected chi connectivity index (χ0v) is 20.9. The molecule has 1 fully saturated rings. The zero-order valence-electron chi connectivity index (χ0n) is 19.3. The number of aromatic nitrogens is 1. The summed E-state index contributed by atoms with van der Waals surface area (Å²) in [6.45, 7) is 2.16. The highest BCUT2D eigenvalue weighted by atomic mass is 32.2. The number of esters is 1. The van der Waals surface area contributed by atoms with E-state index in [4.69, 9.17) is 14.2 Å². The number of hydrogen-bond donors (Lipinski definition) is 0. The molecule has 10 nitrogen and oxygen atoms in total. The lowest BCUT2D eigenvalue weighted by Gasteiger charge is -2.26. The number of methoxy groups -OCH3 is 2. The molecule has 1 aromatic heterocycles. The van der Waals surface area contributed by atoms with Gasteiger partial charge in [0, 0.05) is 32.3 Å². The first-order valence-corrected chi connectivity index (χ1v) is 13.1. The van der Waals surface area contributed by atoms with Gasteiger partial charge in [0.05, 0.1) is 47.6 Å². The molecule has 2 aromatic carbocycles. The minimum atomic E-state index is -3.65. The number of sulfonamides is 1. The van der Waals surface area contributed by atoms with Gasteiger partial charge >= 0.3 is 5.97 Å². The van der Waals surface area contributed by atoms with Crippen molar-refractivity contribution in [3.05, 3.63) is 58.4 Å². The smallest absolute Gasteiger partial charge is 0.337 e. The fraction of sp³-hybridized carbons (Fsp3) is 0.348. The van der Waals surface area contributed by atoms with Crippen molar-refractivity contribution in [3.63, 3.8) is 0 Å². The van der Waals surface area contributed by atoms with Crippen LogP contribution in [0, 0.1) is 0 Å². The van der Waals surface area contributed by atoms with E-state index in [-0.39, 0.29) is 10.5 Å². The summed E-state index contributed by atoms with van der Waals surface area (Å²) in [6.07, 6.45) is 0. The summed E-state index contributed by atoms with van der Waals surface area (Å²) >= 11 is 1.26. The van der Waals surface area contributed by atoms with Gasteiger partial charge < -0.3 is 18.8 Å². The maximum absolute atomic E-state index is 12.9. The predicted octanol–water partition coefficient (Wildman–Crippen LogP) is 1.90. The van der Waals surface area contributed by atoms with E-state index in [9.17, 15) is 18.0 Å². The molecule has 0 saturated carbocycles. The third-order valence-corrected chi connectivity index (χ3v) is 8.48. The molecule has 4 rings (SSSR count). The van der Waals surface area contributed by atoms with Crippen molar-refractivity contribution in [2.24, 2.45) is 4.99 Å². The predicted molar refractivity (Wildman–Crippen MR) is 129 cm³/mol. The summed E-state index contributed by atoms with van der Waals surface area (Å²) in [7, 11) is -0.755. The Morgan fingerprint density at radius 3 is 2.40 bits per heavy atom. The van der Waals surface area contributed by atoms with Crippen molar-refractivity contribution in [1.29, 1.82) is 0 Å². The standard InChI is InChI=1S/C23H25N3O7S2/c1-31-12-11-26-19-8-5-17(22(28)32-2)15-20(19)34-23(26)24-21(27)16-3-6-18(7-4-16)35(29,30)25-9-13-33-14-10-25/h3-8,15H,9-14H2,1-2H3. The second kappa shape index (κ2) is 10.8. The largest absolute Gasteiger partial charge is 0.465 e. The van der Waals surface area contributed by atoms with Gasteiger partial charge in [0.2, 0.25) is 10.0 Å². The van der Waals surface area contributed by atoms with E-state index < -0.39 is 21.9 Å². The van der Waals surface area contributed by atoms with Crippen LogP contribution in [0.15, 0.2) is 52.4 Å².